The molecule has 0 amide bonds. The Bertz CT molecular complexity index is 723. The molecule has 23 heavy (non-hydrogen) atoms. The molecule has 2 atom stereocenters. The SMILES string of the molecule is C[C@H](N[C@@H](C)c1cnccn1)c1cnn(Cc2ccccc2)c1. The fraction of sp³-hybridized carbons (Fsp3) is 0.278. The minimum atomic E-state index is 0.135. The summed E-state index contributed by atoms with van der Waals surface area (Å²) in [7, 11) is 0. The summed E-state index contributed by atoms with van der Waals surface area (Å²) in [5.41, 5.74) is 3.35. The molecule has 0 saturated carbocycles. The molecule has 3 rings (SSSR count). The molecule has 0 spiro atoms. The molecule has 0 radical (unpaired) electrons. The molecule has 0 aliphatic heterocycles. The van der Waals surface area contributed by atoms with E-state index in [9.17, 15) is 0 Å². The van der Waals surface area contributed by atoms with Gasteiger partial charge in [0.15, 0.2) is 0 Å². The zero-order valence-electron chi connectivity index (χ0n) is 13.4. The molecule has 2 aromatic heterocycles. The van der Waals surface area contributed by atoms with Gasteiger partial charge in [-0.05, 0) is 19.4 Å². The van der Waals surface area contributed by atoms with E-state index in [1.165, 1.54) is 5.56 Å². The first-order valence-electron chi connectivity index (χ1n) is 7.80. The number of aromatic nitrogens is 4. The summed E-state index contributed by atoms with van der Waals surface area (Å²) in [6.07, 6.45) is 9.21. The molecule has 2 heterocycles. The maximum absolute atomic E-state index is 4.46. The Hall–Kier alpha value is -2.53. The van der Waals surface area contributed by atoms with Gasteiger partial charge in [-0.2, -0.15) is 5.10 Å². The van der Waals surface area contributed by atoms with E-state index >= 15 is 0 Å². The summed E-state index contributed by atoms with van der Waals surface area (Å²) in [5.74, 6) is 0. The van der Waals surface area contributed by atoms with Crippen LogP contribution < -0.4 is 5.32 Å². The van der Waals surface area contributed by atoms with Crippen LogP contribution in [-0.4, -0.2) is 19.7 Å². The lowest BCUT2D eigenvalue weighted by atomic mass is 10.1. The largest absolute Gasteiger partial charge is 0.302 e. The third-order valence-corrected chi connectivity index (χ3v) is 3.87. The van der Waals surface area contributed by atoms with Crippen molar-refractivity contribution < 1.29 is 0 Å². The zero-order chi connectivity index (χ0) is 16.1. The number of hydrogen-bond donors (Lipinski definition) is 1. The number of benzene rings is 1. The number of nitrogens with one attached hydrogen (secondary N) is 1. The normalized spacial score (nSPS) is 13.7. The summed E-state index contributed by atoms with van der Waals surface area (Å²) in [6, 6.07) is 10.7. The Labute approximate surface area is 136 Å². The molecule has 5 nitrogen and oxygen atoms in total. The molecule has 5 heteroatoms. The van der Waals surface area contributed by atoms with Crippen molar-refractivity contribution in [1.82, 2.24) is 25.1 Å². The fourth-order valence-electron chi connectivity index (χ4n) is 2.55. The molecule has 0 saturated heterocycles. The van der Waals surface area contributed by atoms with Crippen LogP contribution in [0.25, 0.3) is 0 Å². The predicted molar refractivity (Wildman–Crippen MR) is 89.8 cm³/mol. The van der Waals surface area contributed by atoms with Crippen molar-refractivity contribution in [1.29, 1.82) is 0 Å². The van der Waals surface area contributed by atoms with E-state index in [0.717, 1.165) is 17.8 Å². The van der Waals surface area contributed by atoms with Crippen molar-refractivity contribution in [3.63, 3.8) is 0 Å². The van der Waals surface area contributed by atoms with Crippen LogP contribution >= 0.6 is 0 Å². The van der Waals surface area contributed by atoms with E-state index in [2.05, 4.69) is 52.6 Å². The molecule has 1 aromatic carbocycles. The molecule has 1 N–H and O–H groups in total. The van der Waals surface area contributed by atoms with Crippen LogP contribution in [0.15, 0.2) is 61.3 Å². The van der Waals surface area contributed by atoms with Crippen molar-refractivity contribution in [2.45, 2.75) is 32.5 Å². The van der Waals surface area contributed by atoms with Gasteiger partial charge in [0.1, 0.15) is 0 Å². The van der Waals surface area contributed by atoms with Crippen LogP contribution in [0.3, 0.4) is 0 Å². The summed E-state index contributed by atoms with van der Waals surface area (Å²) in [5, 5.41) is 8.00. The van der Waals surface area contributed by atoms with Gasteiger partial charge in [0, 0.05) is 42.4 Å². The van der Waals surface area contributed by atoms with Crippen LogP contribution in [-0.2, 0) is 6.54 Å². The van der Waals surface area contributed by atoms with Crippen LogP contribution in [0.1, 0.15) is 42.8 Å². The van der Waals surface area contributed by atoms with Crippen molar-refractivity contribution in [2.24, 2.45) is 0 Å². The van der Waals surface area contributed by atoms with Gasteiger partial charge in [-0.15, -0.1) is 0 Å². The maximum Gasteiger partial charge on any atom is 0.0753 e. The smallest absolute Gasteiger partial charge is 0.0753 e. The second-order valence-corrected chi connectivity index (χ2v) is 5.70. The average Bonchev–Trinajstić information content (AvgIpc) is 3.05. The van der Waals surface area contributed by atoms with E-state index in [1.807, 2.05) is 29.1 Å². The maximum atomic E-state index is 4.46. The van der Waals surface area contributed by atoms with Crippen LogP contribution in [0.4, 0.5) is 0 Å². The van der Waals surface area contributed by atoms with Crippen LogP contribution in [0.5, 0.6) is 0 Å². The second-order valence-electron chi connectivity index (χ2n) is 5.70. The topological polar surface area (TPSA) is 55.6 Å². The van der Waals surface area contributed by atoms with Crippen LogP contribution in [0.2, 0.25) is 0 Å². The second kappa shape index (κ2) is 7.15. The van der Waals surface area contributed by atoms with Gasteiger partial charge in [-0.25, -0.2) is 0 Å². The van der Waals surface area contributed by atoms with Crippen molar-refractivity contribution >= 4 is 0 Å². The third kappa shape index (κ3) is 4.02. The van der Waals surface area contributed by atoms with Crippen molar-refractivity contribution in [3.05, 3.63) is 78.1 Å². The van der Waals surface area contributed by atoms with E-state index in [0.29, 0.717) is 0 Å². The van der Waals surface area contributed by atoms with Gasteiger partial charge >= 0.3 is 0 Å². The summed E-state index contributed by atoms with van der Waals surface area (Å²) < 4.78 is 1.97. The first-order chi connectivity index (χ1) is 11.2. The standard InChI is InChI=1S/C18H21N5/c1-14(22-15(2)18-11-19-8-9-20-18)17-10-21-23(13-17)12-16-6-4-3-5-7-16/h3-11,13-15,22H,12H2,1-2H3/t14-,15-/m0/s1. The van der Waals surface area contributed by atoms with Gasteiger partial charge in [0.2, 0.25) is 0 Å². The third-order valence-electron chi connectivity index (χ3n) is 3.87. The summed E-state index contributed by atoms with van der Waals surface area (Å²) >= 11 is 0. The molecular formula is C18H21N5. The molecular weight excluding hydrogens is 286 g/mol. The minimum Gasteiger partial charge on any atom is -0.302 e. The van der Waals surface area contributed by atoms with E-state index in [1.54, 1.807) is 18.6 Å². The van der Waals surface area contributed by atoms with E-state index in [4.69, 9.17) is 0 Å². The minimum absolute atomic E-state index is 0.135. The quantitative estimate of drug-likeness (QED) is 0.760. The molecule has 0 aliphatic rings. The number of nitrogens with zero attached hydrogens (tertiary/aromatic N) is 4. The lowest BCUT2D eigenvalue weighted by Gasteiger charge is -2.18. The molecule has 118 valence electrons. The highest BCUT2D eigenvalue weighted by Gasteiger charge is 2.13. The van der Waals surface area contributed by atoms with Gasteiger partial charge in [0.25, 0.3) is 0 Å². The molecule has 0 aliphatic carbocycles. The first-order valence-corrected chi connectivity index (χ1v) is 7.80. The average molecular weight is 307 g/mol. The van der Waals surface area contributed by atoms with Crippen molar-refractivity contribution in [3.8, 4) is 0 Å². The molecule has 0 fully saturated rings. The Morgan fingerprint density at radius 3 is 2.61 bits per heavy atom. The summed E-state index contributed by atoms with van der Waals surface area (Å²) in [4.78, 5) is 8.46. The highest BCUT2D eigenvalue weighted by molar-refractivity contribution is 5.16. The highest BCUT2D eigenvalue weighted by atomic mass is 15.3. The monoisotopic (exact) mass is 307 g/mol. The lowest BCUT2D eigenvalue weighted by Crippen LogP contribution is -2.23. The van der Waals surface area contributed by atoms with Crippen molar-refractivity contribution in [2.75, 3.05) is 0 Å². The van der Waals surface area contributed by atoms with Gasteiger partial charge < -0.3 is 5.32 Å². The highest BCUT2D eigenvalue weighted by Crippen LogP contribution is 2.17. The number of rotatable bonds is 6. The molecule has 0 unspecified atom stereocenters. The lowest BCUT2D eigenvalue weighted by molar-refractivity contribution is 0.484. The fourth-order valence-corrected chi connectivity index (χ4v) is 2.55. The van der Waals surface area contributed by atoms with Gasteiger partial charge in [-0.1, -0.05) is 30.3 Å². The predicted octanol–water partition coefficient (Wildman–Crippen LogP) is 3.13. The Balaban J connectivity index is 1.63. The first kappa shape index (κ1) is 15.4. The molecule has 0 bridgehead atoms. The van der Waals surface area contributed by atoms with Gasteiger partial charge in [-0.3, -0.25) is 14.6 Å². The van der Waals surface area contributed by atoms with Crippen LogP contribution in [0, 0.1) is 0 Å². The zero-order valence-corrected chi connectivity index (χ0v) is 13.4. The molecule has 3 aromatic rings. The summed E-state index contributed by atoms with van der Waals surface area (Å²) in [6.45, 7) is 5.01. The Morgan fingerprint density at radius 2 is 1.87 bits per heavy atom. The Morgan fingerprint density at radius 1 is 1.04 bits per heavy atom. The van der Waals surface area contributed by atoms with Gasteiger partial charge in [0.05, 0.1) is 18.4 Å². The van der Waals surface area contributed by atoms with E-state index in [-0.39, 0.29) is 12.1 Å². The van der Waals surface area contributed by atoms with E-state index < -0.39 is 0 Å². The number of hydrogen-bond acceptors (Lipinski definition) is 4. The Kier molecular flexibility index (Phi) is 4.78.